The molecular formula is C28H26N4O3. The van der Waals surface area contributed by atoms with Gasteiger partial charge in [0.15, 0.2) is 11.5 Å². The number of pyridine rings is 1. The maximum Gasteiger partial charge on any atom is 0.258 e. The third-order valence-electron chi connectivity index (χ3n) is 6.58. The van der Waals surface area contributed by atoms with Gasteiger partial charge in [0.2, 0.25) is 0 Å². The molecule has 4 heterocycles. The molecule has 0 radical (unpaired) electrons. The number of rotatable bonds is 5. The summed E-state index contributed by atoms with van der Waals surface area (Å²) >= 11 is 0. The Balaban J connectivity index is 1.34. The maximum absolute atomic E-state index is 14.0. The molecule has 6 rings (SSSR count). The van der Waals surface area contributed by atoms with Gasteiger partial charge in [-0.15, -0.1) is 0 Å². The molecule has 2 aliphatic heterocycles. The van der Waals surface area contributed by atoms with Crippen LogP contribution >= 0.6 is 0 Å². The highest BCUT2D eigenvalue weighted by atomic mass is 16.6. The van der Waals surface area contributed by atoms with Gasteiger partial charge in [0, 0.05) is 30.7 Å². The van der Waals surface area contributed by atoms with Crippen LogP contribution in [0.4, 0.5) is 0 Å². The number of likely N-dealkylation sites (tertiary alicyclic amines) is 1. The number of benzene rings is 2. The molecule has 0 spiro atoms. The molecule has 1 amide bonds. The van der Waals surface area contributed by atoms with Crippen LogP contribution in [-0.4, -0.2) is 45.3 Å². The van der Waals surface area contributed by atoms with E-state index in [0.29, 0.717) is 37.6 Å². The van der Waals surface area contributed by atoms with Crippen molar-refractivity contribution in [3.63, 3.8) is 0 Å². The highest BCUT2D eigenvalue weighted by Crippen LogP contribution is 2.39. The minimum absolute atomic E-state index is 0.0134. The first-order valence-corrected chi connectivity index (χ1v) is 12.0. The SMILES string of the molecule is O=C(c1cn(Cc2ccccc2)nc1-c1cccnc1)N1CCCC1c1ccc2c(c1)OCCO2. The molecular weight excluding hydrogens is 440 g/mol. The predicted octanol–water partition coefficient (Wildman–Crippen LogP) is 4.74. The zero-order chi connectivity index (χ0) is 23.6. The number of amides is 1. The summed E-state index contributed by atoms with van der Waals surface area (Å²) in [5.74, 6) is 1.50. The molecule has 1 fully saturated rings. The first-order valence-electron chi connectivity index (χ1n) is 12.0. The summed E-state index contributed by atoms with van der Waals surface area (Å²) in [4.78, 5) is 20.2. The molecule has 7 heteroatoms. The van der Waals surface area contributed by atoms with E-state index in [0.717, 1.165) is 41.0 Å². The minimum atomic E-state index is -0.0162. The largest absolute Gasteiger partial charge is 0.486 e. The lowest BCUT2D eigenvalue weighted by Gasteiger charge is -2.26. The zero-order valence-electron chi connectivity index (χ0n) is 19.3. The fourth-order valence-corrected chi connectivity index (χ4v) is 4.92. The lowest BCUT2D eigenvalue weighted by molar-refractivity contribution is 0.0736. The van der Waals surface area contributed by atoms with Crippen LogP contribution < -0.4 is 9.47 Å². The number of aromatic nitrogens is 3. The Morgan fingerprint density at radius 3 is 2.69 bits per heavy atom. The Kier molecular flexibility index (Phi) is 5.66. The lowest BCUT2D eigenvalue weighted by atomic mass is 10.0. The summed E-state index contributed by atoms with van der Waals surface area (Å²) in [5.41, 5.74) is 4.28. The molecule has 1 saturated heterocycles. The third-order valence-corrected chi connectivity index (χ3v) is 6.58. The Hall–Kier alpha value is -4.13. The first kappa shape index (κ1) is 21.4. The second-order valence-corrected chi connectivity index (χ2v) is 8.88. The molecule has 0 N–H and O–H groups in total. The van der Waals surface area contributed by atoms with Crippen LogP contribution in [0.2, 0.25) is 0 Å². The number of hydrogen-bond acceptors (Lipinski definition) is 5. The number of nitrogens with zero attached hydrogens (tertiary/aromatic N) is 4. The van der Waals surface area contributed by atoms with Gasteiger partial charge in [-0.3, -0.25) is 14.5 Å². The molecule has 1 unspecified atom stereocenters. The Morgan fingerprint density at radius 2 is 1.86 bits per heavy atom. The summed E-state index contributed by atoms with van der Waals surface area (Å²) in [6.45, 7) is 2.39. The monoisotopic (exact) mass is 466 g/mol. The zero-order valence-corrected chi connectivity index (χ0v) is 19.3. The van der Waals surface area contributed by atoms with Crippen molar-refractivity contribution in [1.82, 2.24) is 19.7 Å². The molecule has 7 nitrogen and oxygen atoms in total. The van der Waals surface area contributed by atoms with E-state index in [1.165, 1.54) is 0 Å². The van der Waals surface area contributed by atoms with Gasteiger partial charge < -0.3 is 14.4 Å². The van der Waals surface area contributed by atoms with Gasteiger partial charge in [0.25, 0.3) is 5.91 Å². The van der Waals surface area contributed by atoms with Crippen molar-refractivity contribution in [3.8, 4) is 22.8 Å². The molecule has 0 saturated carbocycles. The van der Waals surface area contributed by atoms with E-state index in [2.05, 4.69) is 17.1 Å². The number of carbonyl (C=O) groups excluding carboxylic acids is 1. The first-order chi connectivity index (χ1) is 17.3. The standard InChI is InChI=1S/C28H26N4O3/c33-28(32-13-5-9-24(32)21-10-11-25-26(16-21)35-15-14-34-25)23-19-31(18-20-6-2-1-3-7-20)30-27(23)22-8-4-12-29-17-22/h1-4,6-8,10-12,16-17,19,24H,5,9,13-15,18H2. The second-order valence-electron chi connectivity index (χ2n) is 8.88. The average Bonchev–Trinajstić information content (AvgIpc) is 3.57. The molecule has 4 aromatic rings. The normalized spacial score (nSPS) is 16.9. The number of fused-ring (bicyclic) bond motifs is 1. The quantitative estimate of drug-likeness (QED) is 0.425. The summed E-state index contributed by atoms with van der Waals surface area (Å²) in [5, 5.41) is 4.82. The fraction of sp³-hybridized carbons (Fsp3) is 0.250. The van der Waals surface area contributed by atoms with Crippen molar-refractivity contribution in [2.24, 2.45) is 0 Å². The van der Waals surface area contributed by atoms with Crippen LogP contribution in [0, 0.1) is 0 Å². The highest BCUT2D eigenvalue weighted by Gasteiger charge is 2.33. The van der Waals surface area contributed by atoms with Crippen LogP contribution in [0.1, 0.15) is 40.4 Å². The van der Waals surface area contributed by atoms with Crippen molar-refractivity contribution >= 4 is 5.91 Å². The smallest absolute Gasteiger partial charge is 0.258 e. The van der Waals surface area contributed by atoms with Gasteiger partial charge in [0.1, 0.15) is 18.9 Å². The highest BCUT2D eigenvalue weighted by molar-refractivity contribution is 6.00. The van der Waals surface area contributed by atoms with Crippen LogP contribution in [0.15, 0.2) is 79.3 Å². The molecule has 1 atom stereocenters. The summed E-state index contributed by atoms with van der Waals surface area (Å²) in [7, 11) is 0. The average molecular weight is 467 g/mol. The minimum Gasteiger partial charge on any atom is -0.486 e. The van der Waals surface area contributed by atoms with Crippen molar-refractivity contribution < 1.29 is 14.3 Å². The topological polar surface area (TPSA) is 69.5 Å². The molecule has 2 aliphatic rings. The molecule has 176 valence electrons. The Bertz CT molecular complexity index is 1340. The summed E-state index contributed by atoms with van der Waals surface area (Å²) in [6, 6.07) is 19.9. The van der Waals surface area contributed by atoms with Gasteiger partial charge in [-0.2, -0.15) is 5.10 Å². The maximum atomic E-state index is 14.0. The summed E-state index contributed by atoms with van der Waals surface area (Å²) in [6.07, 6.45) is 7.21. The molecule has 35 heavy (non-hydrogen) atoms. The van der Waals surface area contributed by atoms with Gasteiger partial charge in [-0.25, -0.2) is 0 Å². The van der Waals surface area contributed by atoms with E-state index in [-0.39, 0.29) is 11.9 Å². The molecule has 2 aromatic heterocycles. The van der Waals surface area contributed by atoms with Crippen LogP contribution in [-0.2, 0) is 6.54 Å². The van der Waals surface area contributed by atoms with E-state index in [4.69, 9.17) is 14.6 Å². The van der Waals surface area contributed by atoms with E-state index >= 15 is 0 Å². The van der Waals surface area contributed by atoms with Crippen LogP contribution in [0.3, 0.4) is 0 Å². The van der Waals surface area contributed by atoms with Crippen LogP contribution in [0.5, 0.6) is 11.5 Å². The van der Waals surface area contributed by atoms with Crippen molar-refractivity contribution in [2.45, 2.75) is 25.4 Å². The number of hydrogen-bond donors (Lipinski definition) is 0. The van der Waals surface area contributed by atoms with Gasteiger partial charge in [-0.1, -0.05) is 36.4 Å². The molecule has 2 aromatic carbocycles. The fourth-order valence-electron chi connectivity index (χ4n) is 4.92. The lowest BCUT2D eigenvalue weighted by Crippen LogP contribution is -2.30. The van der Waals surface area contributed by atoms with E-state index in [1.54, 1.807) is 12.4 Å². The van der Waals surface area contributed by atoms with Gasteiger partial charge in [-0.05, 0) is 48.2 Å². The van der Waals surface area contributed by atoms with Crippen molar-refractivity contribution in [2.75, 3.05) is 19.8 Å². The van der Waals surface area contributed by atoms with E-state index < -0.39 is 0 Å². The molecule has 0 aliphatic carbocycles. The second kappa shape index (κ2) is 9.25. The number of ether oxygens (including phenoxy) is 2. The van der Waals surface area contributed by atoms with Crippen molar-refractivity contribution in [3.05, 3.63) is 95.9 Å². The van der Waals surface area contributed by atoms with E-state index in [1.807, 2.05) is 64.3 Å². The third kappa shape index (κ3) is 4.25. The predicted molar refractivity (Wildman–Crippen MR) is 131 cm³/mol. The van der Waals surface area contributed by atoms with Gasteiger partial charge in [0.05, 0.1) is 18.2 Å². The van der Waals surface area contributed by atoms with Crippen molar-refractivity contribution in [1.29, 1.82) is 0 Å². The Labute approximate surface area is 203 Å². The summed E-state index contributed by atoms with van der Waals surface area (Å²) < 4.78 is 13.3. The van der Waals surface area contributed by atoms with Gasteiger partial charge >= 0.3 is 0 Å². The van der Waals surface area contributed by atoms with E-state index in [9.17, 15) is 4.79 Å². The Morgan fingerprint density at radius 1 is 1.00 bits per heavy atom. The number of carbonyl (C=O) groups is 1. The van der Waals surface area contributed by atoms with Crippen LogP contribution in [0.25, 0.3) is 11.3 Å². The molecule has 0 bridgehead atoms.